The van der Waals surface area contributed by atoms with Crippen molar-refractivity contribution < 1.29 is 14.3 Å². The van der Waals surface area contributed by atoms with Crippen molar-refractivity contribution >= 4 is 17.8 Å². The van der Waals surface area contributed by atoms with E-state index in [1.807, 2.05) is 19.9 Å². The van der Waals surface area contributed by atoms with Gasteiger partial charge >= 0.3 is 0 Å². The summed E-state index contributed by atoms with van der Waals surface area (Å²) in [5, 5.41) is 0. The van der Waals surface area contributed by atoms with E-state index in [1.54, 1.807) is 44.4 Å². The van der Waals surface area contributed by atoms with Gasteiger partial charge in [-0.3, -0.25) is 9.59 Å². The summed E-state index contributed by atoms with van der Waals surface area (Å²) in [5.41, 5.74) is 4.15. The number of nitrogens with zero attached hydrogens (tertiary/aromatic N) is 1. The highest BCUT2D eigenvalue weighted by Crippen LogP contribution is 2.39. The van der Waals surface area contributed by atoms with Crippen molar-refractivity contribution in [3.8, 4) is 5.75 Å². The van der Waals surface area contributed by atoms with Gasteiger partial charge in [0, 0.05) is 36.3 Å². The molecule has 0 spiro atoms. The molecule has 0 aromatic heterocycles. The van der Waals surface area contributed by atoms with Gasteiger partial charge in [0.05, 0.1) is 6.10 Å². The lowest BCUT2D eigenvalue weighted by molar-refractivity contribution is 0.0827. The van der Waals surface area contributed by atoms with Gasteiger partial charge in [-0.15, -0.1) is 0 Å². The van der Waals surface area contributed by atoms with E-state index in [2.05, 4.69) is 53.7 Å². The zero-order valence-corrected chi connectivity index (χ0v) is 21.9. The molecule has 0 saturated carbocycles. The van der Waals surface area contributed by atoms with Crippen LogP contribution in [0.5, 0.6) is 5.75 Å². The normalized spacial score (nSPS) is 12.3. The third-order valence-corrected chi connectivity index (χ3v) is 5.38. The van der Waals surface area contributed by atoms with E-state index >= 15 is 0 Å². The zero-order chi connectivity index (χ0) is 25.1. The fraction of sp³-hybridized carbons (Fsp3) is 0.448. The number of ketones is 1. The maximum absolute atomic E-state index is 12.9. The van der Waals surface area contributed by atoms with Crippen LogP contribution < -0.4 is 4.74 Å². The van der Waals surface area contributed by atoms with E-state index in [0.29, 0.717) is 11.1 Å². The third kappa shape index (κ3) is 6.80. The monoisotopic (exact) mass is 449 g/mol. The Balaban J connectivity index is 2.51. The van der Waals surface area contributed by atoms with Crippen LogP contribution in [0.3, 0.4) is 0 Å². The van der Waals surface area contributed by atoms with Crippen molar-refractivity contribution in [2.75, 3.05) is 14.1 Å². The Labute approximate surface area is 199 Å². The average Bonchev–Trinajstić information content (AvgIpc) is 2.70. The first kappa shape index (κ1) is 26.4. The zero-order valence-electron chi connectivity index (χ0n) is 21.9. The van der Waals surface area contributed by atoms with E-state index in [-0.39, 0.29) is 28.6 Å². The fourth-order valence-corrected chi connectivity index (χ4v) is 3.43. The maximum Gasteiger partial charge on any atom is 0.253 e. The Kier molecular flexibility index (Phi) is 7.95. The molecule has 178 valence electrons. The fourth-order valence-electron chi connectivity index (χ4n) is 3.43. The van der Waals surface area contributed by atoms with Crippen molar-refractivity contribution in [2.45, 2.75) is 72.3 Å². The van der Waals surface area contributed by atoms with Gasteiger partial charge in [0.25, 0.3) is 5.91 Å². The Morgan fingerprint density at radius 3 is 1.88 bits per heavy atom. The lowest BCUT2D eigenvalue weighted by Gasteiger charge is -2.29. The lowest BCUT2D eigenvalue weighted by atomic mass is 9.78. The number of carbonyl (C=O) groups excluding carboxylic acids is 2. The van der Waals surface area contributed by atoms with Crippen molar-refractivity contribution in [1.82, 2.24) is 4.90 Å². The van der Waals surface area contributed by atoms with E-state index in [4.69, 9.17) is 4.74 Å². The smallest absolute Gasteiger partial charge is 0.253 e. The standard InChI is InChI=1S/C29H39NO3/c1-19(2)33-26-22(17-23(28(3,4)5)18-24(26)29(6,7)8)15-16-25(31)20-11-13-21(14-12-20)27(32)30(9)10/h11-19H,1-10H3. The number of hydrogen-bond acceptors (Lipinski definition) is 3. The van der Waals surface area contributed by atoms with Gasteiger partial charge in [0.15, 0.2) is 5.78 Å². The molecular weight excluding hydrogens is 410 g/mol. The molecule has 0 saturated heterocycles. The molecule has 33 heavy (non-hydrogen) atoms. The summed E-state index contributed by atoms with van der Waals surface area (Å²) in [5.74, 6) is 0.614. The predicted octanol–water partition coefficient (Wildman–Crippen LogP) is 6.67. The molecule has 0 heterocycles. The van der Waals surface area contributed by atoms with Crippen LogP contribution in [0, 0.1) is 0 Å². The molecule has 4 heteroatoms. The summed E-state index contributed by atoms with van der Waals surface area (Å²) in [6.07, 6.45) is 3.45. The van der Waals surface area contributed by atoms with Gasteiger partial charge in [-0.2, -0.15) is 0 Å². The van der Waals surface area contributed by atoms with E-state index in [9.17, 15) is 9.59 Å². The third-order valence-electron chi connectivity index (χ3n) is 5.38. The van der Waals surface area contributed by atoms with Gasteiger partial charge in [0.2, 0.25) is 0 Å². The number of rotatable bonds is 6. The summed E-state index contributed by atoms with van der Waals surface area (Å²) in [6, 6.07) is 11.1. The van der Waals surface area contributed by atoms with Crippen molar-refractivity contribution in [1.29, 1.82) is 0 Å². The van der Waals surface area contributed by atoms with Gasteiger partial charge in [0.1, 0.15) is 5.75 Å². The minimum atomic E-state index is -0.118. The largest absolute Gasteiger partial charge is 0.490 e. The van der Waals surface area contributed by atoms with Crippen molar-refractivity contribution in [3.63, 3.8) is 0 Å². The highest BCUT2D eigenvalue weighted by molar-refractivity contribution is 6.07. The molecule has 0 bridgehead atoms. The molecule has 2 aromatic rings. The molecule has 2 rings (SSSR count). The summed E-state index contributed by atoms with van der Waals surface area (Å²) < 4.78 is 6.27. The van der Waals surface area contributed by atoms with Crippen molar-refractivity contribution in [2.24, 2.45) is 0 Å². The average molecular weight is 450 g/mol. The second kappa shape index (κ2) is 9.94. The highest BCUT2D eigenvalue weighted by atomic mass is 16.5. The molecule has 0 aliphatic rings. The number of carbonyl (C=O) groups is 2. The maximum atomic E-state index is 12.9. The minimum Gasteiger partial charge on any atom is -0.490 e. The molecule has 0 radical (unpaired) electrons. The molecule has 0 atom stereocenters. The van der Waals surface area contributed by atoms with Gasteiger partial charge in [-0.25, -0.2) is 0 Å². The van der Waals surface area contributed by atoms with Crippen LogP contribution in [0.2, 0.25) is 0 Å². The number of amides is 1. The van der Waals surface area contributed by atoms with Crippen LogP contribution in [0.15, 0.2) is 42.5 Å². The first-order valence-corrected chi connectivity index (χ1v) is 11.5. The molecule has 0 N–H and O–H groups in total. The minimum absolute atomic E-state index is 0.0104. The molecule has 0 fully saturated rings. The summed E-state index contributed by atoms with van der Waals surface area (Å²) >= 11 is 0. The molecule has 4 nitrogen and oxygen atoms in total. The highest BCUT2D eigenvalue weighted by Gasteiger charge is 2.26. The Morgan fingerprint density at radius 1 is 0.879 bits per heavy atom. The van der Waals surface area contributed by atoms with E-state index in [1.165, 1.54) is 10.5 Å². The van der Waals surface area contributed by atoms with Crippen LogP contribution in [0.4, 0.5) is 0 Å². The molecular formula is C29H39NO3. The summed E-state index contributed by atoms with van der Waals surface area (Å²) in [7, 11) is 3.41. The number of allylic oxidation sites excluding steroid dienone is 1. The second-order valence-corrected chi connectivity index (χ2v) is 11.1. The Morgan fingerprint density at radius 2 is 1.42 bits per heavy atom. The first-order valence-electron chi connectivity index (χ1n) is 11.5. The van der Waals surface area contributed by atoms with Gasteiger partial charge < -0.3 is 9.64 Å². The van der Waals surface area contributed by atoms with Crippen LogP contribution in [0.1, 0.15) is 92.8 Å². The summed E-state index contributed by atoms with van der Waals surface area (Å²) in [6.45, 7) is 17.1. The molecule has 2 aromatic carbocycles. The van der Waals surface area contributed by atoms with Gasteiger partial charge in [-0.1, -0.05) is 59.7 Å². The molecule has 0 unspecified atom stereocenters. The second-order valence-electron chi connectivity index (χ2n) is 11.1. The lowest BCUT2D eigenvalue weighted by Crippen LogP contribution is -2.21. The molecule has 0 aliphatic heterocycles. The Hall–Kier alpha value is -2.88. The van der Waals surface area contributed by atoms with Crippen LogP contribution in [-0.4, -0.2) is 36.8 Å². The Bertz CT molecular complexity index is 1030. The van der Waals surface area contributed by atoms with E-state index in [0.717, 1.165) is 16.9 Å². The predicted molar refractivity (Wildman–Crippen MR) is 137 cm³/mol. The van der Waals surface area contributed by atoms with Crippen LogP contribution >= 0.6 is 0 Å². The number of hydrogen-bond donors (Lipinski definition) is 0. The molecule has 1 amide bonds. The quantitative estimate of drug-likeness (QED) is 0.366. The molecule has 0 aliphatic carbocycles. The van der Waals surface area contributed by atoms with E-state index < -0.39 is 0 Å². The van der Waals surface area contributed by atoms with Crippen LogP contribution in [-0.2, 0) is 10.8 Å². The SMILES string of the molecule is CC(C)Oc1c(C=CC(=O)c2ccc(C(=O)N(C)C)cc2)cc(C(C)(C)C)cc1C(C)(C)C. The van der Waals surface area contributed by atoms with Gasteiger partial charge in [-0.05, 0) is 60.6 Å². The first-order chi connectivity index (χ1) is 15.1. The summed E-state index contributed by atoms with van der Waals surface area (Å²) in [4.78, 5) is 26.5. The number of benzene rings is 2. The number of ether oxygens (including phenoxy) is 1. The topological polar surface area (TPSA) is 46.6 Å². The van der Waals surface area contributed by atoms with Crippen LogP contribution in [0.25, 0.3) is 6.08 Å². The van der Waals surface area contributed by atoms with Crippen molar-refractivity contribution in [3.05, 3.63) is 70.3 Å².